The number of rotatable bonds is 5. The highest BCUT2D eigenvalue weighted by Crippen LogP contribution is 2.07. The number of nitrogens with one attached hydrogen (secondary N) is 1. The van der Waals surface area contributed by atoms with Crippen LogP contribution >= 0.6 is 0 Å². The van der Waals surface area contributed by atoms with Gasteiger partial charge in [0.2, 0.25) is 0 Å². The van der Waals surface area contributed by atoms with Gasteiger partial charge in [-0.2, -0.15) is 10.2 Å². The van der Waals surface area contributed by atoms with Gasteiger partial charge in [-0.25, -0.2) is 0 Å². The minimum Gasteiger partial charge on any atom is -0.306 e. The number of aromatic nitrogens is 4. The molecule has 0 aliphatic carbocycles. The molecule has 20 heavy (non-hydrogen) atoms. The molecule has 0 unspecified atom stereocenters. The molecular weight excluding hydrogens is 250 g/mol. The van der Waals surface area contributed by atoms with Crippen LogP contribution in [0.2, 0.25) is 0 Å². The van der Waals surface area contributed by atoms with Gasteiger partial charge in [-0.3, -0.25) is 9.36 Å². The summed E-state index contributed by atoms with van der Waals surface area (Å²) in [6.07, 6.45) is 2.99. The minimum absolute atomic E-state index is 0.113. The molecule has 1 N–H and O–H groups in total. The van der Waals surface area contributed by atoms with E-state index in [1.165, 1.54) is 5.69 Å². The van der Waals surface area contributed by atoms with Gasteiger partial charge in [-0.1, -0.05) is 6.92 Å². The molecule has 0 aliphatic rings. The second-order valence-electron chi connectivity index (χ2n) is 6.21. The molecule has 0 spiro atoms. The Morgan fingerprint density at radius 3 is 2.55 bits per heavy atom. The van der Waals surface area contributed by atoms with Gasteiger partial charge < -0.3 is 5.32 Å². The lowest BCUT2D eigenvalue weighted by Crippen LogP contribution is -2.35. The fourth-order valence-corrected chi connectivity index (χ4v) is 2.00. The molecule has 2 aromatic rings. The van der Waals surface area contributed by atoms with E-state index in [-0.39, 0.29) is 5.54 Å². The summed E-state index contributed by atoms with van der Waals surface area (Å²) in [6, 6.07) is 4.21. The third kappa shape index (κ3) is 3.93. The Kier molecular flexibility index (Phi) is 4.28. The summed E-state index contributed by atoms with van der Waals surface area (Å²) >= 11 is 0. The molecule has 5 nitrogen and oxygen atoms in total. The van der Waals surface area contributed by atoms with E-state index in [4.69, 9.17) is 0 Å². The summed E-state index contributed by atoms with van der Waals surface area (Å²) in [5, 5.41) is 12.5. The molecule has 2 aromatic heterocycles. The highest BCUT2D eigenvalue weighted by molar-refractivity contribution is 5.11. The summed E-state index contributed by atoms with van der Waals surface area (Å²) < 4.78 is 3.91. The van der Waals surface area contributed by atoms with E-state index in [1.54, 1.807) is 0 Å². The smallest absolute Gasteiger partial charge is 0.0828 e. The summed E-state index contributed by atoms with van der Waals surface area (Å²) in [5.74, 6) is 0. The van der Waals surface area contributed by atoms with E-state index in [2.05, 4.69) is 55.3 Å². The Balaban J connectivity index is 2.00. The monoisotopic (exact) mass is 275 g/mol. The maximum atomic E-state index is 4.60. The molecule has 0 aromatic carbocycles. The van der Waals surface area contributed by atoms with Crippen molar-refractivity contribution < 1.29 is 0 Å². The molecule has 110 valence electrons. The number of nitrogens with zero attached hydrogens (tertiary/aromatic N) is 4. The highest BCUT2D eigenvalue weighted by atomic mass is 15.3. The Hall–Kier alpha value is -1.62. The maximum Gasteiger partial charge on any atom is 0.0828 e. The Morgan fingerprint density at radius 1 is 1.20 bits per heavy atom. The molecule has 0 bridgehead atoms. The molecule has 2 rings (SSSR count). The lowest BCUT2D eigenvalue weighted by molar-refractivity contribution is 0.419. The molecule has 0 atom stereocenters. The molecule has 5 heteroatoms. The number of aryl methyl sites for hydroxylation is 2. The molecule has 0 aliphatic heterocycles. The fraction of sp³-hybridized carbons (Fsp3) is 0.600. The average molecular weight is 275 g/mol. The van der Waals surface area contributed by atoms with Gasteiger partial charge in [0.1, 0.15) is 0 Å². The van der Waals surface area contributed by atoms with Crippen molar-refractivity contribution in [1.29, 1.82) is 0 Å². The maximum absolute atomic E-state index is 4.60. The van der Waals surface area contributed by atoms with Crippen molar-refractivity contribution in [3.8, 4) is 0 Å². The van der Waals surface area contributed by atoms with Crippen molar-refractivity contribution in [1.82, 2.24) is 24.9 Å². The summed E-state index contributed by atoms with van der Waals surface area (Å²) in [7, 11) is 1.99. The first-order chi connectivity index (χ1) is 9.37. The van der Waals surface area contributed by atoms with Gasteiger partial charge >= 0.3 is 0 Å². The van der Waals surface area contributed by atoms with Gasteiger partial charge in [0.25, 0.3) is 0 Å². The van der Waals surface area contributed by atoms with Gasteiger partial charge in [-0.15, -0.1) is 0 Å². The van der Waals surface area contributed by atoms with Gasteiger partial charge in [0.15, 0.2) is 0 Å². The van der Waals surface area contributed by atoms with Crippen molar-refractivity contribution in [2.45, 2.75) is 52.7 Å². The van der Waals surface area contributed by atoms with E-state index in [1.807, 2.05) is 22.6 Å². The number of hydrogen-bond donors (Lipinski definition) is 1. The van der Waals surface area contributed by atoms with E-state index >= 15 is 0 Å². The third-order valence-electron chi connectivity index (χ3n) is 3.21. The van der Waals surface area contributed by atoms with Crippen LogP contribution in [-0.4, -0.2) is 25.1 Å². The van der Waals surface area contributed by atoms with Crippen molar-refractivity contribution in [3.63, 3.8) is 0 Å². The van der Waals surface area contributed by atoms with E-state index in [9.17, 15) is 0 Å². The fourth-order valence-electron chi connectivity index (χ4n) is 2.00. The summed E-state index contributed by atoms with van der Waals surface area (Å²) in [4.78, 5) is 0. The van der Waals surface area contributed by atoms with Crippen LogP contribution in [0.25, 0.3) is 0 Å². The van der Waals surface area contributed by atoms with Crippen molar-refractivity contribution >= 4 is 0 Å². The lowest BCUT2D eigenvalue weighted by Gasteiger charge is -2.19. The lowest BCUT2D eigenvalue weighted by atomic mass is 10.1. The second kappa shape index (κ2) is 5.79. The van der Waals surface area contributed by atoms with Crippen molar-refractivity contribution in [2.75, 3.05) is 0 Å². The zero-order valence-electron chi connectivity index (χ0n) is 13.1. The van der Waals surface area contributed by atoms with Crippen LogP contribution in [-0.2, 0) is 26.6 Å². The zero-order chi connectivity index (χ0) is 14.8. The quantitative estimate of drug-likeness (QED) is 0.909. The topological polar surface area (TPSA) is 47.7 Å². The largest absolute Gasteiger partial charge is 0.306 e. The third-order valence-corrected chi connectivity index (χ3v) is 3.21. The molecule has 0 saturated carbocycles. The molecule has 0 radical (unpaired) electrons. The van der Waals surface area contributed by atoms with Crippen LogP contribution in [0.15, 0.2) is 18.3 Å². The highest BCUT2D eigenvalue weighted by Gasteiger charge is 2.10. The first kappa shape index (κ1) is 14.8. The Bertz CT molecular complexity index is 559. The predicted molar refractivity (Wildman–Crippen MR) is 80.5 cm³/mol. The standard InChI is InChI=1S/C15H25N5/c1-6-12-9-14(19(5)17-12)11-20-8-7-13(18-20)10-16-15(2,3)4/h7-9,16H,6,10-11H2,1-5H3. The van der Waals surface area contributed by atoms with Crippen LogP contribution < -0.4 is 5.32 Å². The molecule has 0 fully saturated rings. The van der Waals surface area contributed by atoms with E-state index < -0.39 is 0 Å². The van der Waals surface area contributed by atoms with E-state index in [0.717, 1.165) is 30.9 Å². The Morgan fingerprint density at radius 2 is 1.95 bits per heavy atom. The van der Waals surface area contributed by atoms with Gasteiger partial charge in [-0.05, 0) is 39.3 Å². The van der Waals surface area contributed by atoms with Crippen LogP contribution in [0, 0.1) is 0 Å². The zero-order valence-corrected chi connectivity index (χ0v) is 13.1. The van der Waals surface area contributed by atoms with Crippen LogP contribution in [0.4, 0.5) is 0 Å². The molecule has 0 amide bonds. The first-order valence-corrected chi connectivity index (χ1v) is 7.16. The Labute approximate surface area is 121 Å². The number of hydrogen-bond acceptors (Lipinski definition) is 3. The van der Waals surface area contributed by atoms with Crippen LogP contribution in [0.3, 0.4) is 0 Å². The van der Waals surface area contributed by atoms with E-state index in [0.29, 0.717) is 0 Å². The molecular formula is C15H25N5. The normalized spacial score (nSPS) is 12.1. The molecule has 0 saturated heterocycles. The SMILES string of the molecule is CCc1cc(Cn2ccc(CNC(C)(C)C)n2)n(C)n1. The minimum atomic E-state index is 0.113. The van der Waals surface area contributed by atoms with Crippen LogP contribution in [0.5, 0.6) is 0 Å². The first-order valence-electron chi connectivity index (χ1n) is 7.16. The summed E-state index contributed by atoms with van der Waals surface area (Å²) in [6.45, 7) is 10.2. The second-order valence-corrected chi connectivity index (χ2v) is 6.21. The average Bonchev–Trinajstić information content (AvgIpc) is 2.94. The van der Waals surface area contributed by atoms with Gasteiger partial charge in [0.05, 0.1) is 23.6 Å². The van der Waals surface area contributed by atoms with Crippen molar-refractivity contribution in [2.24, 2.45) is 7.05 Å². The van der Waals surface area contributed by atoms with Crippen molar-refractivity contribution in [3.05, 3.63) is 35.4 Å². The summed E-state index contributed by atoms with van der Waals surface area (Å²) in [5.41, 5.74) is 3.49. The predicted octanol–water partition coefficient (Wildman–Crippen LogP) is 2.12. The van der Waals surface area contributed by atoms with Crippen LogP contribution in [0.1, 0.15) is 44.8 Å². The molecule has 2 heterocycles. The van der Waals surface area contributed by atoms with Gasteiger partial charge in [0, 0.05) is 25.3 Å².